The first-order valence-corrected chi connectivity index (χ1v) is 6.86. The van der Waals surface area contributed by atoms with Gasteiger partial charge in [-0.3, -0.25) is 0 Å². The normalized spacial score (nSPS) is 13.7. The highest BCUT2D eigenvalue weighted by atomic mass is 16.5. The summed E-state index contributed by atoms with van der Waals surface area (Å²) in [5.41, 5.74) is 2.97. The van der Waals surface area contributed by atoms with Gasteiger partial charge in [0.2, 0.25) is 0 Å². The van der Waals surface area contributed by atoms with Crippen LogP contribution >= 0.6 is 0 Å². The molecule has 1 heterocycles. The fourth-order valence-corrected chi connectivity index (χ4v) is 2.46. The van der Waals surface area contributed by atoms with Crippen molar-refractivity contribution in [3.05, 3.63) is 53.6 Å². The van der Waals surface area contributed by atoms with Crippen molar-refractivity contribution in [3.8, 4) is 17.6 Å². The van der Waals surface area contributed by atoms with Gasteiger partial charge in [0.15, 0.2) is 0 Å². The Labute approximate surface area is 123 Å². The van der Waals surface area contributed by atoms with Gasteiger partial charge in [0, 0.05) is 18.2 Å². The van der Waals surface area contributed by atoms with E-state index in [0.717, 1.165) is 35.8 Å². The summed E-state index contributed by atoms with van der Waals surface area (Å²) in [5, 5.41) is 12.7. The first-order valence-electron chi connectivity index (χ1n) is 6.86. The van der Waals surface area contributed by atoms with Gasteiger partial charge >= 0.3 is 0 Å². The Morgan fingerprint density at radius 3 is 3.00 bits per heavy atom. The van der Waals surface area contributed by atoms with E-state index in [-0.39, 0.29) is 0 Å². The Morgan fingerprint density at radius 1 is 1.29 bits per heavy atom. The number of nitrogens with one attached hydrogen (secondary N) is 1. The first kappa shape index (κ1) is 13.3. The van der Waals surface area contributed by atoms with Crippen molar-refractivity contribution in [1.29, 1.82) is 5.26 Å². The Morgan fingerprint density at radius 2 is 2.19 bits per heavy atom. The van der Waals surface area contributed by atoms with Gasteiger partial charge in [-0.15, -0.1) is 0 Å². The monoisotopic (exact) mass is 280 g/mol. The molecule has 1 unspecified atom stereocenters. The van der Waals surface area contributed by atoms with Crippen LogP contribution in [0, 0.1) is 11.3 Å². The minimum Gasteiger partial charge on any atom is -0.497 e. The molecule has 3 rings (SSSR count). The zero-order valence-corrected chi connectivity index (χ0v) is 11.8. The van der Waals surface area contributed by atoms with Crippen molar-refractivity contribution in [2.24, 2.45) is 0 Å². The molecule has 0 saturated carbocycles. The van der Waals surface area contributed by atoms with Crippen LogP contribution in [-0.4, -0.2) is 13.7 Å². The van der Waals surface area contributed by atoms with Crippen LogP contribution in [0.2, 0.25) is 0 Å². The van der Waals surface area contributed by atoms with E-state index in [1.807, 2.05) is 42.5 Å². The molecule has 0 spiro atoms. The highest BCUT2D eigenvalue weighted by Crippen LogP contribution is 2.29. The molecule has 2 aromatic carbocycles. The molecule has 106 valence electrons. The summed E-state index contributed by atoms with van der Waals surface area (Å²) in [7, 11) is 1.63. The summed E-state index contributed by atoms with van der Waals surface area (Å²) in [5.74, 6) is 1.69. The zero-order valence-electron chi connectivity index (χ0n) is 11.8. The summed E-state index contributed by atoms with van der Waals surface area (Å²) in [6, 6.07) is 15.4. The van der Waals surface area contributed by atoms with E-state index in [4.69, 9.17) is 9.47 Å². The number of anilines is 1. The number of methoxy groups -OCH3 is 1. The lowest BCUT2D eigenvalue weighted by molar-refractivity contribution is 0.357. The van der Waals surface area contributed by atoms with Crippen molar-refractivity contribution >= 4 is 5.69 Å². The Hall–Kier alpha value is -2.67. The maximum atomic E-state index is 9.44. The number of benzene rings is 2. The lowest BCUT2D eigenvalue weighted by atomic mass is 10.0. The SMILES string of the molecule is COc1cccc(NC(C#N)c2ccc3c(c2)CCO3)c1. The maximum absolute atomic E-state index is 9.44. The molecule has 1 aliphatic rings. The van der Waals surface area contributed by atoms with Crippen LogP contribution in [0.4, 0.5) is 5.69 Å². The average molecular weight is 280 g/mol. The summed E-state index contributed by atoms with van der Waals surface area (Å²) in [4.78, 5) is 0. The molecule has 0 amide bonds. The van der Waals surface area contributed by atoms with Crippen molar-refractivity contribution in [1.82, 2.24) is 0 Å². The van der Waals surface area contributed by atoms with Crippen LogP contribution in [-0.2, 0) is 6.42 Å². The fraction of sp³-hybridized carbons (Fsp3) is 0.235. The van der Waals surface area contributed by atoms with Gasteiger partial charge in [-0.25, -0.2) is 0 Å². The molecule has 4 heteroatoms. The lowest BCUT2D eigenvalue weighted by Crippen LogP contribution is -2.08. The molecule has 4 nitrogen and oxygen atoms in total. The minimum atomic E-state index is -0.400. The molecule has 0 fully saturated rings. The van der Waals surface area contributed by atoms with E-state index >= 15 is 0 Å². The molecule has 0 bridgehead atoms. The first-order chi connectivity index (χ1) is 10.3. The van der Waals surface area contributed by atoms with Crippen LogP contribution in [0.25, 0.3) is 0 Å². The summed E-state index contributed by atoms with van der Waals surface area (Å²) in [6.07, 6.45) is 0.903. The van der Waals surface area contributed by atoms with E-state index in [2.05, 4.69) is 11.4 Å². The summed E-state index contributed by atoms with van der Waals surface area (Å²) in [6.45, 7) is 0.722. The van der Waals surface area contributed by atoms with Crippen LogP contribution < -0.4 is 14.8 Å². The van der Waals surface area contributed by atoms with Gasteiger partial charge in [0.1, 0.15) is 17.5 Å². The van der Waals surface area contributed by atoms with E-state index < -0.39 is 6.04 Å². The average Bonchev–Trinajstić information content (AvgIpc) is 3.00. The number of ether oxygens (including phenoxy) is 2. The van der Waals surface area contributed by atoms with E-state index in [0.29, 0.717) is 0 Å². The van der Waals surface area contributed by atoms with Gasteiger partial charge in [-0.1, -0.05) is 12.1 Å². The van der Waals surface area contributed by atoms with Crippen LogP contribution in [0.5, 0.6) is 11.5 Å². The number of hydrogen-bond donors (Lipinski definition) is 1. The third kappa shape index (κ3) is 2.77. The standard InChI is InChI=1S/C17H16N2O2/c1-20-15-4-2-3-14(10-15)19-16(11-18)12-5-6-17-13(9-12)7-8-21-17/h2-6,9-10,16,19H,7-8H2,1H3. The molecule has 0 aromatic heterocycles. The van der Waals surface area contributed by atoms with Crippen LogP contribution in [0.1, 0.15) is 17.2 Å². The molecular weight excluding hydrogens is 264 g/mol. The maximum Gasteiger partial charge on any atom is 0.140 e. The molecule has 1 N–H and O–H groups in total. The highest BCUT2D eigenvalue weighted by Gasteiger charge is 2.16. The smallest absolute Gasteiger partial charge is 0.140 e. The van der Waals surface area contributed by atoms with E-state index in [9.17, 15) is 5.26 Å². The van der Waals surface area contributed by atoms with Crippen molar-refractivity contribution < 1.29 is 9.47 Å². The third-order valence-electron chi connectivity index (χ3n) is 3.56. The van der Waals surface area contributed by atoms with Crippen LogP contribution in [0.3, 0.4) is 0 Å². The quantitative estimate of drug-likeness (QED) is 0.933. The van der Waals surface area contributed by atoms with Gasteiger partial charge in [-0.05, 0) is 35.4 Å². The second kappa shape index (κ2) is 5.76. The van der Waals surface area contributed by atoms with Gasteiger partial charge in [0.05, 0.1) is 19.8 Å². The molecule has 1 atom stereocenters. The fourth-order valence-electron chi connectivity index (χ4n) is 2.46. The Balaban J connectivity index is 1.83. The van der Waals surface area contributed by atoms with Crippen molar-refractivity contribution in [3.63, 3.8) is 0 Å². The minimum absolute atomic E-state index is 0.400. The predicted molar refractivity (Wildman–Crippen MR) is 80.6 cm³/mol. The lowest BCUT2D eigenvalue weighted by Gasteiger charge is -2.15. The molecule has 2 aromatic rings. The molecule has 0 aliphatic carbocycles. The van der Waals surface area contributed by atoms with Gasteiger partial charge < -0.3 is 14.8 Å². The number of nitriles is 1. The largest absolute Gasteiger partial charge is 0.497 e. The zero-order chi connectivity index (χ0) is 14.7. The number of fused-ring (bicyclic) bond motifs is 1. The summed E-state index contributed by atoms with van der Waals surface area (Å²) < 4.78 is 10.7. The van der Waals surface area contributed by atoms with Gasteiger partial charge in [-0.2, -0.15) is 5.26 Å². The van der Waals surface area contributed by atoms with E-state index in [1.165, 1.54) is 5.56 Å². The molecular formula is C17H16N2O2. The Kier molecular flexibility index (Phi) is 3.65. The van der Waals surface area contributed by atoms with Crippen molar-refractivity contribution in [2.45, 2.75) is 12.5 Å². The Bertz CT molecular complexity index is 691. The molecule has 0 radical (unpaired) electrons. The van der Waals surface area contributed by atoms with Gasteiger partial charge in [0.25, 0.3) is 0 Å². The molecule has 1 aliphatic heterocycles. The second-order valence-electron chi connectivity index (χ2n) is 4.90. The third-order valence-corrected chi connectivity index (χ3v) is 3.56. The number of hydrogen-bond acceptors (Lipinski definition) is 4. The molecule has 21 heavy (non-hydrogen) atoms. The number of rotatable bonds is 4. The predicted octanol–water partition coefficient (Wildman–Crippen LogP) is 3.31. The van der Waals surface area contributed by atoms with Crippen LogP contribution in [0.15, 0.2) is 42.5 Å². The van der Waals surface area contributed by atoms with E-state index in [1.54, 1.807) is 7.11 Å². The second-order valence-corrected chi connectivity index (χ2v) is 4.90. The number of nitrogens with zero attached hydrogens (tertiary/aromatic N) is 1. The topological polar surface area (TPSA) is 54.3 Å². The van der Waals surface area contributed by atoms with Crippen molar-refractivity contribution in [2.75, 3.05) is 19.0 Å². The summed E-state index contributed by atoms with van der Waals surface area (Å²) >= 11 is 0. The molecule has 0 saturated heterocycles. The highest BCUT2D eigenvalue weighted by molar-refractivity contribution is 5.52.